The van der Waals surface area contributed by atoms with Crippen molar-refractivity contribution >= 4 is 17.3 Å². The number of thiophene rings is 1. The second-order valence-electron chi connectivity index (χ2n) is 5.50. The summed E-state index contributed by atoms with van der Waals surface area (Å²) in [6.07, 6.45) is 4.89. The Morgan fingerprint density at radius 3 is 3.10 bits per heavy atom. The van der Waals surface area contributed by atoms with Crippen LogP contribution in [0, 0.1) is 6.92 Å². The lowest BCUT2D eigenvalue weighted by atomic mass is 10.0. The monoisotopic (exact) mass is 302 g/mol. The Bertz CT molecular complexity index is 639. The van der Waals surface area contributed by atoms with Crippen LogP contribution in [0.5, 0.6) is 0 Å². The van der Waals surface area contributed by atoms with E-state index >= 15 is 0 Å². The minimum atomic E-state index is -0.830. The number of aromatic carboxylic acids is 1. The first-order valence-electron chi connectivity index (χ1n) is 7.08. The summed E-state index contributed by atoms with van der Waals surface area (Å²) in [6, 6.07) is 5.94. The number of carboxylic acid groups (broad SMARTS) is 1. The van der Waals surface area contributed by atoms with Crippen LogP contribution in [0.4, 0.5) is 0 Å². The molecule has 1 atom stereocenters. The van der Waals surface area contributed by atoms with Crippen molar-refractivity contribution in [1.29, 1.82) is 0 Å². The lowest BCUT2D eigenvalue weighted by molar-refractivity contribution is 0.0702. The van der Waals surface area contributed by atoms with Crippen LogP contribution in [0.15, 0.2) is 30.6 Å². The highest BCUT2D eigenvalue weighted by atomic mass is 32.1. The number of carboxylic acids is 1. The van der Waals surface area contributed by atoms with E-state index in [2.05, 4.69) is 16.0 Å². The van der Waals surface area contributed by atoms with Crippen LogP contribution >= 0.6 is 11.3 Å². The molecule has 5 heteroatoms. The summed E-state index contributed by atoms with van der Waals surface area (Å²) in [5.41, 5.74) is 2.44. The Hall–Kier alpha value is -1.72. The largest absolute Gasteiger partial charge is 0.477 e. The van der Waals surface area contributed by atoms with Gasteiger partial charge in [0.15, 0.2) is 0 Å². The van der Waals surface area contributed by atoms with Gasteiger partial charge in [0.2, 0.25) is 0 Å². The van der Waals surface area contributed by atoms with Gasteiger partial charge in [0.05, 0.1) is 0 Å². The Morgan fingerprint density at radius 1 is 1.57 bits per heavy atom. The molecule has 21 heavy (non-hydrogen) atoms. The summed E-state index contributed by atoms with van der Waals surface area (Å²) in [4.78, 5) is 19.2. The maximum atomic E-state index is 11.0. The van der Waals surface area contributed by atoms with Gasteiger partial charge >= 0.3 is 5.97 Å². The van der Waals surface area contributed by atoms with Crippen molar-refractivity contribution in [2.24, 2.45) is 0 Å². The van der Waals surface area contributed by atoms with Crippen molar-refractivity contribution in [3.8, 4) is 0 Å². The standard InChI is InChI=1S/C16H18N2O2S/c1-11-14(7-15(21-11)16(19)20)10-18-6-4-13(9-18)12-3-2-5-17-8-12/h2-3,5,7-8,13H,4,6,9-10H2,1H3,(H,19,20). The lowest BCUT2D eigenvalue weighted by Crippen LogP contribution is -2.19. The highest BCUT2D eigenvalue weighted by Gasteiger charge is 2.25. The summed E-state index contributed by atoms with van der Waals surface area (Å²) in [5, 5.41) is 9.06. The van der Waals surface area contributed by atoms with E-state index in [1.807, 2.05) is 25.3 Å². The van der Waals surface area contributed by atoms with Crippen molar-refractivity contribution < 1.29 is 9.90 Å². The number of aromatic nitrogens is 1. The van der Waals surface area contributed by atoms with Gasteiger partial charge in [-0.1, -0.05) is 6.07 Å². The zero-order valence-electron chi connectivity index (χ0n) is 12.0. The van der Waals surface area contributed by atoms with E-state index in [4.69, 9.17) is 5.11 Å². The first-order chi connectivity index (χ1) is 10.1. The fourth-order valence-corrected chi connectivity index (χ4v) is 3.76. The quantitative estimate of drug-likeness (QED) is 0.942. The zero-order chi connectivity index (χ0) is 14.8. The van der Waals surface area contributed by atoms with Crippen LogP contribution in [0.3, 0.4) is 0 Å². The number of aryl methyl sites for hydroxylation is 1. The third-order valence-electron chi connectivity index (χ3n) is 4.05. The molecule has 1 aliphatic heterocycles. The molecule has 110 valence electrons. The minimum Gasteiger partial charge on any atom is -0.477 e. The Balaban J connectivity index is 1.66. The molecule has 1 aliphatic rings. The number of likely N-dealkylation sites (tertiary alicyclic amines) is 1. The Kier molecular flexibility index (Phi) is 4.03. The maximum absolute atomic E-state index is 11.0. The van der Waals surface area contributed by atoms with E-state index in [1.165, 1.54) is 16.9 Å². The van der Waals surface area contributed by atoms with Crippen molar-refractivity contribution in [3.63, 3.8) is 0 Å². The summed E-state index contributed by atoms with van der Waals surface area (Å²) < 4.78 is 0. The molecular weight excluding hydrogens is 284 g/mol. The first kappa shape index (κ1) is 14.2. The normalized spacial score (nSPS) is 19.0. The van der Waals surface area contributed by atoms with Gasteiger partial charge in [0.1, 0.15) is 4.88 Å². The fraction of sp³-hybridized carbons (Fsp3) is 0.375. The molecule has 1 N–H and O–H groups in total. The number of nitrogens with zero attached hydrogens (tertiary/aromatic N) is 2. The predicted molar refractivity (Wildman–Crippen MR) is 82.9 cm³/mol. The van der Waals surface area contributed by atoms with Crippen molar-refractivity contribution in [3.05, 3.63) is 51.5 Å². The summed E-state index contributed by atoms with van der Waals surface area (Å²) in [7, 11) is 0. The number of pyridine rings is 1. The lowest BCUT2D eigenvalue weighted by Gasteiger charge is -2.16. The number of hydrogen-bond acceptors (Lipinski definition) is 4. The van der Waals surface area contributed by atoms with Gasteiger partial charge in [0.25, 0.3) is 0 Å². The van der Waals surface area contributed by atoms with Crippen molar-refractivity contribution in [1.82, 2.24) is 9.88 Å². The molecular formula is C16H18N2O2S. The zero-order valence-corrected chi connectivity index (χ0v) is 12.8. The molecule has 0 amide bonds. The molecule has 0 bridgehead atoms. The molecule has 0 aromatic carbocycles. The maximum Gasteiger partial charge on any atom is 0.345 e. The van der Waals surface area contributed by atoms with Crippen molar-refractivity contribution in [2.45, 2.75) is 25.8 Å². The van der Waals surface area contributed by atoms with Crippen molar-refractivity contribution in [2.75, 3.05) is 13.1 Å². The average molecular weight is 302 g/mol. The molecule has 3 heterocycles. The van der Waals surface area contributed by atoms with Gasteiger partial charge in [0, 0.05) is 30.4 Å². The SMILES string of the molecule is Cc1sc(C(=O)O)cc1CN1CCC(c2cccnc2)C1. The topological polar surface area (TPSA) is 53.4 Å². The molecule has 2 aromatic rings. The third kappa shape index (κ3) is 3.14. The van der Waals surface area contributed by atoms with E-state index in [1.54, 1.807) is 6.20 Å². The Labute approximate surface area is 128 Å². The Morgan fingerprint density at radius 2 is 2.43 bits per heavy atom. The highest BCUT2D eigenvalue weighted by Crippen LogP contribution is 2.29. The minimum absolute atomic E-state index is 0.436. The van der Waals surface area contributed by atoms with Gasteiger partial charge in [-0.15, -0.1) is 11.3 Å². The van der Waals surface area contributed by atoms with E-state index in [-0.39, 0.29) is 0 Å². The highest BCUT2D eigenvalue weighted by molar-refractivity contribution is 7.14. The number of carbonyl (C=O) groups is 1. The molecule has 1 fully saturated rings. The molecule has 0 radical (unpaired) electrons. The fourth-order valence-electron chi connectivity index (χ4n) is 2.89. The third-order valence-corrected chi connectivity index (χ3v) is 5.13. The average Bonchev–Trinajstić information content (AvgIpc) is 3.08. The van der Waals surface area contributed by atoms with Crippen LogP contribution in [0.2, 0.25) is 0 Å². The summed E-state index contributed by atoms with van der Waals surface area (Å²) in [5.74, 6) is -0.291. The van der Waals surface area contributed by atoms with Gasteiger partial charge < -0.3 is 5.11 Å². The molecule has 3 rings (SSSR count). The predicted octanol–water partition coefficient (Wildman–Crippen LogP) is 3.14. The smallest absolute Gasteiger partial charge is 0.345 e. The van der Waals surface area contributed by atoms with E-state index in [0.717, 1.165) is 36.5 Å². The molecule has 2 aromatic heterocycles. The van der Waals surface area contributed by atoms with Gasteiger partial charge in [-0.25, -0.2) is 4.79 Å². The second-order valence-corrected chi connectivity index (χ2v) is 6.76. The van der Waals surface area contributed by atoms with Gasteiger partial charge in [-0.3, -0.25) is 9.88 Å². The van der Waals surface area contributed by atoms with Crippen LogP contribution in [0.25, 0.3) is 0 Å². The number of hydrogen-bond donors (Lipinski definition) is 1. The van der Waals surface area contributed by atoms with Crippen LogP contribution in [-0.2, 0) is 6.54 Å². The summed E-state index contributed by atoms with van der Waals surface area (Å²) >= 11 is 1.37. The first-order valence-corrected chi connectivity index (χ1v) is 7.90. The molecule has 1 saturated heterocycles. The van der Waals surface area contributed by atoms with E-state index in [0.29, 0.717) is 10.8 Å². The number of rotatable bonds is 4. The van der Waals surface area contributed by atoms with E-state index in [9.17, 15) is 4.79 Å². The van der Waals surface area contributed by atoms with Crippen LogP contribution in [0.1, 0.15) is 38.0 Å². The van der Waals surface area contributed by atoms with Gasteiger partial charge in [-0.2, -0.15) is 0 Å². The summed E-state index contributed by atoms with van der Waals surface area (Å²) in [6.45, 7) is 4.91. The molecule has 4 nitrogen and oxygen atoms in total. The molecule has 0 saturated carbocycles. The van der Waals surface area contributed by atoms with Crippen LogP contribution in [-0.4, -0.2) is 34.0 Å². The van der Waals surface area contributed by atoms with E-state index < -0.39 is 5.97 Å². The van der Waals surface area contributed by atoms with Gasteiger partial charge in [-0.05, 0) is 49.1 Å². The van der Waals surface area contributed by atoms with Crippen LogP contribution < -0.4 is 0 Å². The molecule has 0 spiro atoms. The molecule has 1 unspecified atom stereocenters. The second kappa shape index (κ2) is 5.95. The molecule has 0 aliphatic carbocycles.